The summed E-state index contributed by atoms with van der Waals surface area (Å²) in [6.07, 6.45) is 4.86. The van der Waals surface area contributed by atoms with Crippen LogP contribution in [0.1, 0.15) is 19.4 Å². The van der Waals surface area contributed by atoms with Gasteiger partial charge in [0.1, 0.15) is 0 Å². The van der Waals surface area contributed by atoms with Crippen LogP contribution in [0.15, 0.2) is 114 Å². The molecule has 7 aromatic rings. The maximum absolute atomic E-state index is 13.4. The van der Waals surface area contributed by atoms with Gasteiger partial charge in [-0.2, -0.15) is 9.37 Å². The molecule has 0 bridgehead atoms. The number of pyridine rings is 3. The standard InChI is InChI=1S/C20H16FN2O.C20H20NSi.Ir/c1-12(2)10-13-8-9-22-17(11-13)16-5-3-4-14-15-6-7-18(21)23-20(15)24-19(14)16;1-22(2,3)20-15-21-19(17-12-8-5-9-13-17)14-18(20)16-10-6-4-7-11-16;/h3-4,6-9,11-12H,10H2,1-2H3;4-12,14-15H,1-3H3;/q2*-1;. The van der Waals surface area contributed by atoms with Gasteiger partial charge in [0.25, 0.3) is 0 Å². The van der Waals surface area contributed by atoms with E-state index in [-0.39, 0.29) is 20.1 Å². The summed E-state index contributed by atoms with van der Waals surface area (Å²) >= 11 is 0. The van der Waals surface area contributed by atoms with Crippen LogP contribution in [0.2, 0.25) is 19.6 Å². The molecule has 0 aliphatic heterocycles. The first-order valence-electron chi connectivity index (χ1n) is 15.5. The van der Waals surface area contributed by atoms with Gasteiger partial charge in [-0.05, 0) is 58.2 Å². The molecule has 0 N–H and O–H groups in total. The fourth-order valence-electron chi connectivity index (χ4n) is 5.61. The van der Waals surface area contributed by atoms with Crippen molar-refractivity contribution in [3.63, 3.8) is 0 Å². The Balaban J connectivity index is 0.000000181. The van der Waals surface area contributed by atoms with Crippen molar-refractivity contribution in [2.45, 2.75) is 39.9 Å². The van der Waals surface area contributed by atoms with Crippen LogP contribution in [0.3, 0.4) is 0 Å². The van der Waals surface area contributed by atoms with Crippen molar-refractivity contribution in [2.75, 3.05) is 0 Å². The average molecular weight is 814 g/mol. The van der Waals surface area contributed by atoms with Crippen LogP contribution in [0.4, 0.5) is 4.39 Å². The summed E-state index contributed by atoms with van der Waals surface area (Å²) in [6, 6.07) is 38.2. The first kappa shape index (κ1) is 34.1. The fourth-order valence-corrected chi connectivity index (χ4v) is 7.09. The number of hydrogen-bond acceptors (Lipinski definition) is 4. The van der Waals surface area contributed by atoms with Crippen molar-refractivity contribution in [2.24, 2.45) is 5.92 Å². The van der Waals surface area contributed by atoms with E-state index >= 15 is 0 Å². The number of benzene rings is 3. The summed E-state index contributed by atoms with van der Waals surface area (Å²) in [7, 11) is -1.46. The van der Waals surface area contributed by atoms with E-state index in [1.807, 2.05) is 36.4 Å². The molecular formula is C40H36FIrN3OSi-2. The molecule has 4 aromatic heterocycles. The third-order valence-electron chi connectivity index (χ3n) is 7.77. The molecule has 7 heteroatoms. The molecule has 0 spiro atoms. The number of halogens is 1. The molecule has 0 fully saturated rings. The topological polar surface area (TPSA) is 51.8 Å². The minimum atomic E-state index is -1.46. The maximum atomic E-state index is 13.4. The van der Waals surface area contributed by atoms with Crippen molar-refractivity contribution >= 4 is 35.3 Å². The third-order valence-corrected chi connectivity index (χ3v) is 9.79. The quantitative estimate of drug-likeness (QED) is 0.0954. The SMILES string of the molecule is CC(C)Cc1ccnc(-c2[c-]ccc3c2oc2nc(F)ccc23)c1.C[Si](C)(C)c1cnc(-c2[c-]cccc2)cc1-c1ccccc1.[Ir]. The fraction of sp³-hybridized carbons (Fsp3) is 0.175. The zero-order valence-electron chi connectivity index (χ0n) is 27.1. The van der Waals surface area contributed by atoms with Gasteiger partial charge in [0.2, 0.25) is 11.7 Å². The van der Waals surface area contributed by atoms with Crippen LogP contribution in [-0.4, -0.2) is 23.0 Å². The van der Waals surface area contributed by atoms with Gasteiger partial charge in [0.05, 0.1) is 13.7 Å². The number of hydrogen-bond donors (Lipinski definition) is 0. The van der Waals surface area contributed by atoms with Gasteiger partial charge in [0, 0.05) is 37.9 Å². The number of aromatic nitrogens is 3. The number of nitrogens with zero attached hydrogens (tertiary/aromatic N) is 3. The van der Waals surface area contributed by atoms with Crippen molar-refractivity contribution in [3.8, 4) is 33.6 Å². The predicted molar refractivity (Wildman–Crippen MR) is 189 cm³/mol. The Morgan fingerprint density at radius 3 is 2.32 bits per heavy atom. The molecule has 0 unspecified atom stereocenters. The molecule has 239 valence electrons. The van der Waals surface area contributed by atoms with E-state index in [4.69, 9.17) is 9.40 Å². The Morgan fingerprint density at radius 2 is 1.60 bits per heavy atom. The molecule has 4 heterocycles. The van der Waals surface area contributed by atoms with E-state index in [1.165, 1.54) is 27.9 Å². The second-order valence-electron chi connectivity index (χ2n) is 12.8. The van der Waals surface area contributed by atoms with E-state index in [1.54, 1.807) is 12.3 Å². The second-order valence-corrected chi connectivity index (χ2v) is 17.9. The molecule has 0 saturated heterocycles. The van der Waals surface area contributed by atoms with Gasteiger partial charge >= 0.3 is 0 Å². The molecule has 47 heavy (non-hydrogen) atoms. The summed E-state index contributed by atoms with van der Waals surface area (Å²) in [5, 5.41) is 3.08. The zero-order valence-corrected chi connectivity index (χ0v) is 30.5. The summed E-state index contributed by atoms with van der Waals surface area (Å²) < 4.78 is 19.2. The number of fused-ring (bicyclic) bond motifs is 3. The van der Waals surface area contributed by atoms with Crippen molar-refractivity contribution in [1.29, 1.82) is 0 Å². The van der Waals surface area contributed by atoms with Crippen LogP contribution in [0.25, 0.3) is 55.7 Å². The zero-order chi connectivity index (χ0) is 32.3. The van der Waals surface area contributed by atoms with E-state index in [0.29, 0.717) is 17.2 Å². The van der Waals surface area contributed by atoms with Crippen LogP contribution in [-0.2, 0) is 26.5 Å². The number of rotatable bonds is 6. The van der Waals surface area contributed by atoms with Gasteiger partial charge < -0.3 is 14.4 Å². The smallest absolute Gasteiger partial charge is 0.218 e. The summed E-state index contributed by atoms with van der Waals surface area (Å²) in [6.45, 7) is 11.5. The van der Waals surface area contributed by atoms with Gasteiger partial charge in [-0.25, -0.2) is 0 Å². The largest absolute Gasteiger partial charge is 0.486 e. The molecule has 0 aliphatic rings. The molecule has 7 rings (SSSR count). The summed E-state index contributed by atoms with van der Waals surface area (Å²) in [4.78, 5) is 13.0. The van der Waals surface area contributed by atoms with Crippen LogP contribution < -0.4 is 5.19 Å². The van der Waals surface area contributed by atoms with Crippen LogP contribution >= 0.6 is 0 Å². The summed E-state index contributed by atoms with van der Waals surface area (Å²) in [5.41, 5.74) is 8.34. The molecule has 4 nitrogen and oxygen atoms in total. The van der Waals surface area contributed by atoms with E-state index in [2.05, 4.69) is 110 Å². The van der Waals surface area contributed by atoms with Gasteiger partial charge in [-0.3, -0.25) is 0 Å². The Kier molecular flexibility index (Phi) is 10.6. The third kappa shape index (κ3) is 7.82. The van der Waals surface area contributed by atoms with E-state index < -0.39 is 14.0 Å². The van der Waals surface area contributed by atoms with E-state index in [0.717, 1.165) is 39.7 Å². The van der Waals surface area contributed by atoms with Gasteiger partial charge in [-0.15, -0.1) is 54.1 Å². The van der Waals surface area contributed by atoms with Crippen molar-refractivity contribution < 1.29 is 28.9 Å². The Labute approximate surface area is 290 Å². The maximum Gasteiger partial charge on any atom is 0.218 e. The molecule has 0 saturated carbocycles. The molecule has 0 aliphatic carbocycles. The van der Waals surface area contributed by atoms with Gasteiger partial charge in [0.15, 0.2) is 0 Å². The van der Waals surface area contributed by atoms with Crippen LogP contribution in [0, 0.1) is 24.0 Å². The average Bonchev–Trinajstić information content (AvgIpc) is 3.43. The summed E-state index contributed by atoms with van der Waals surface area (Å²) in [5.74, 6) is 0.0162. The second kappa shape index (κ2) is 14.6. The first-order valence-corrected chi connectivity index (χ1v) is 19.0. The Hall–Kier alpha value is -4.29. The first-order chi connectivity index (χ1) is 22.2. The molecule has 0 amide bonds. The normalized spacial score (nSPS) is 11.3. The van der Waals surface area contributed by atoms with Crippen molar-refractivity contribution in [3.05, 3.63) is 133 Å². The predicted octanol–water partition coefficient (Wildman–Crippen LogP) is 9.94. The minimum absolute atomic E-state index is 0. The molecule has 1 radical (unpaired) electrons. The van der Waals surface area contributed by atoms with Crippen molar-refractivity contribution in [1.82, 2.24) is 15.0 Å². The molecule has 0 atom stereocenters. The number of furan rings is 1. The molecular weight excluding hydrogens is 778 g/mol. The van der Waals surface area contributed by atoms with Crippen LogP contribution in [0.5, 0.6) is 0 Å². The Bertz CT molecular complexity index is 2110. The van der Waals surface area contributed by atoms with E-state index in [9.17, 15) is 4.39 Å². The molecule has 3 aromatic carbocycles. The minimum Gasteiger partial charge on any atom is -0.486 e. The van der Waals surface area contributed by atoms with Gasteiger partial charge in [-0.1, -0.05) is 92.5 Å². The Morgan fingerprint density at radius 1 is 0.809 bits per heavy atom. The monoisotopic (exact) mass is 814 g/mol.